The van der Waals surface area contributed by atoms with Crippen molar-refractivity contribution in [3.05, 3.63) is 61.2 Å². The largest absolute Gasteiger partial charge is 0.463 e. The van der Waals surface area contributed by atoms with Crippen LogP contribution in [-0.2, 0) is 35.2 Å². The summed E-state index contributed by atoms with van der Waals surface area (Å²) in [6.45, 7) is 13.6. The Labute approximate surface area is 244 Å². The van der Waals surface area contributed by atoms with E-state index in [-0.39, 0.29) is 56.9 Å². The van der Waals surface area contributed by atoms with Crippen molar-refractivity contribution < 1.29 is 33.8 Å². The Balaban J connectivity index is 2.03. The average molecular weight is 571 g/mol. The van der Waals surface area contributed by atoms with Crippen LogP contribution < -0.4 is 0 Å². The van der Waals surface area contributed by atoms with Gasteiger partial charge >= 0.3 is 11.9 Å². The van der Waals surface area contributed by atoms with Gasteiger partial charge in [-0.1, -0.05) is 42.5 Å². The molecular formula is C32H46N2O7. The van der Waals surface area contributed by atoms with Crippen molar-refractivity contribution in [2.75, 3.05) is 26.3 Å². The van der Waals surface area contributed by atoms with E-state index in [1.807, 2.05) is 30.3 Å². The van der Waals surface area contributed by atoms with Crippen LogP contribution in [0.2, 0.25) is 0 Å². The SMILES string of the molecule is C=CC[C@H](CC(=O)OC(C)(C)C)C(=O)OC[C@H]1CCCN1C(=O)[C@H](CC=C)CC(=O)N(CCO)Cc1ccccc1. The van der Waals surface area contributed by atoms with Crippen LogP contribution >= 0.6 is 0 Å². The molecule has 3 atom stereocenters. The lowest BCUT2D eigenvalue weighted by Crippen LogP contribution is -2.44. The molecule has 1 saturated heterocycles. The normalized spacial score (nSPS) is 16.4. The average Bonchev–Trinajstić information content (AvgIpc) is 3.38. The number of hydrogen-bond acceptors (Lipinski definition) is 7. The van der Waals surface area contributed by atoms with Crippen LogP contribution in [0.15, 0.2) is 55.6 Å². The molecule has 1 aliphatic heterocycles. The molecule has 1 heterocycles. The van der Waals surface area contributed by atoms with Gasteiger partial charge in [0.15, 0.2) is 0 Å². The molecule has 0 radical (unpaired) electrons. The first-order valence-electron chi connectivity index (χ1n) is 14.3. The fourth-order valence-electron chi connectivity index (χ4n) is 4.91. The number of amides is 2. The number of ether oxygens (including phenoxy) is 2. The van der Waals surface area contributed by atoms with Gasteiger partial charge in [0.05, 0.1) is 30.9 Å². The molecule has 41 heavy (non-hydrogen) atoms. The molecule has 9 nitrogen and oxygen atoms in total. The third kappa shape index (κ3) is 11.5. The minimum Gasteiger partial charge on any atom is -0.463 e. The van der Waals surface area contributed by atoms with E-state index in [1.165, 1.54) is 0 Å². The quantitative estimate of drug-likeness (QED) is 0.236. The second kappa shape index (κ2) is 16.7. The maximum Gasteiger partial charge on any atom is 0.309 e. The number of aliphatic hydroxyl groups excluding tert-OH is 1. The highest BCUT2D eigenvalue weighted by atomic mass is 16.6. The van der Waals surface area contributed by atoms with E-state index >= 15 is 0 Å². The first kappa shape index (κ1) is 33.7. The van der Waals surface area contributed by atoms with Crippen molar-refractivity contribution in [3.8, 4) is 0 Å². The minimum atomic E-state index is -0.721. The number of carbonyl (C=O) groups excluding carboxylic acids is 4. The molecule has 0 aliphatic carbocycles. The Bertz CT molecular complexity index is 1030. The molecule has 1 aromatic carbocycles. The molecule has 1 aliphatic rings. The molecule has 9 heteroatoms. The lowest BCUT2D eigenvalue weighted by atomic mass is 9.98. The van der Waals surface area contributed by atoms with Gasteiger partial charge in [0.2, 0.25) is 11.8 Å². The molecule has 2 amide bonds. The lowest BCUT2D eigenvalue weighted by molar-refractivity contribution is -0.162. The summed E-state index contributed by atoms with van der Waals surface area (Å²) in [4.78, 5) is 55.3. The highest BCUT2D eigenvalue weighted by Gasteiger charge is 2.35. The second-order valence-electron chi connectivity index (χ2n) is 11.4. The van der Waals surface area contributed by atoms with E-state index in [0.29, 0.717) is 25.9 Å². The van der Waals surface area contributed by atoms with Crippen molar-refractivity contribution in [1.82, 2.24) is 9.80 Å². The Kier molecular flexibility index (Phi) is 13.8. The van der Waals surface area contributed by atoms with E-state index in [9.17, 15) is 24.3 Å². The molecule has 0 saturated carbocycles. The van der Waals surface area contributed by atoms with Gasteiger partial charge in [0, 0.05) is 26.1 Å². The van der Waals surface area contributed by atoms with Crippen molar-refractivity contribution in [1.29, 1.82) is 0 Å². The summed E-state index contributed by atoms with van der Waals surface area (Å²) in [5.41, 5.74) is 0.272. The van der Waals surface area contributed by atoms with Gasteiger partial charge in [-0.2, -0.15) is 0 Å². The number of nitrogens with zero attached hydrogens (tertiary/aromatic N) is 2. The van der Waals surface area contributed by atoms with E-state index in [2.05, 4.69) is 13.2 Å². The molecule has 226 valence electrons. The minimum absolute atomic E-state index is 0.00589. The number of likely N-dealkylation sites (tertiary alicyclic amines) is 1. The van der Waals surface area contributed by atoms with Gasteiger partial charge < -0.3 is 24.4 Å². The monoisotopic (exact) mass is 570 g/mol. The van der Waals surface area contributed by atoms with Gasteiger partial charge in [-0.3, -0.25) is 19.2 Å². The smallest absolute Gasteiger partial charge is 0.309 e. The van der Waals surface area contributed by atoms with Gasteiger partial charge in [-0.05, 0) is 52.0 Å². The number of rotatable bonds is 16. The molecule has 0 bridgehead atoms. The topological polar surface area (TPSA) is 113 Å². The predicted molar refractivity (Wildman–Crippen MR) is 156 cm³/mol. The van der Waals surface area contributed by atoms with Crippen molar-refractivity contribution >= 4 is 23.8 Å². The Hall–Kier alpha value is -3.46. The van der Waals surface area contributed by atoms with E-state index in [4.69, 9.17) is 9.47 Å². The van der Waals surface area contributed by atoms with E-state index in [1.54, 1.807) is 42.7 Å². The first-order valence-corrected chi connectivity index (χ1v) is 14.3. The highest BCUT2D eigenvalue weighted by Crippen LogP contribution is 2.25. The summed E-state index contributed by atoms with van der Waals surface area (Å²) < 4.78 is 10.9. The van der Waals surface area contributed by atoms with Crippen LogP contribution in [-0.4, -0.2) is 76.6 Å². The fraction of sp³-hybridized carbons (Fsp3) is 0.562. The van der Waals surface area contributed by atoms with Gasteiger partial charge in [0.25, 0.3) is 0 Å². The number of allylic oxidation sites excluding steroid dienone is 2. The lowest BCUT2D eigenvalue weighted by Gasteiger charge is -2.30. The number of benzene rings is 1. The molecule has 1 aromatic rings. The third-order valence-electron chi connectivity index (χ3n) is 6.86. The summed E-state index contributed by atoms with van der Waals surface area (Å²) >= 11 is 0. The van der Waals surface area contributed by atoms with Crippen molar-refractivity contribution in [3.63, 3.8) is 0 Å². The van der Waals surface area contributed by atoms with Crippen LogP contribution in [0.4, 0.5) is 0 Å². The summed E-state index contributed by atoms with van der Waals surface area (Å²) in [6, 6.07) is 9.17. The van der Waals surface area contributed by atoms with E-state index in [0.717, 1.165) is 12.0 Å². The molecule has 1 fully saturated rings. The number of hydrogen-bond donors (Lipinski definition) is 1. The van der Waals surface area contributed by atoms with Gasteiger partial charge in [-0.15, -0.1) is 13.2 Å². The molecule has 0 unspecified atom stereocenters. The standard InChI is InChI=1S/C32H46N2O7/c1-6-12-25(20-28(36)33(18-19-35)22-24-14-9-8-10-15-24)30(38)34-17-11-16-27(34)23-40-31(39)26(13-7-2)21-29(37)41-32(3,4)5/h6-10,14-15,25-27,35H,1-2,11-13,16-23H2,3-5H3/t25-,26-,27-/m1/s1. The predicted octanol–water partition coefficient (Wildman–Crippen LogP) is 4.05. The van der Waals surface area contributed by atoms with Gasteiger partial charge in [-0.25, -0.2) is 0 Å². The molecule has 1 N–H and O–H groups in total. The van der Waals surface area contributed by atoms with Crippen LogP contribution in [0.3, 0.4) is 0 Å². The maximum atomic E-state index is 13.6. The van der Waals surface area contributed by atoms with Crippen LogP contribution in [0.25, 0.3) is 0 Å². The summed E-state index contributed by atoms with van der Waals surface area (Å²) in [5, 5.41) is 9.53. The zero-order valence-corrected chi connectivity index (χ0v) is 24.8. The Morgan fingerprint density at radius 3 is 2.34 bits per heavy atom. The molecule has 0 spiro atoms. The molecular weight excluding hydrogens is 524 g/mol. The Morgan fingerprint density at radius 2 is 1.73 bits per heavy atom. The van der Waals surface area contributed by atoms with Crippen LogP contribution in [0.1, 0.15) is 64.9 Å². The summed E-state index contributed by atoms with van der Waals surface area (Å²) in [7, 11) is 0. The van der Waals surface area contributed by atoms with Crippen molar-refractivity contribution in [2.45, 2.75) is 77.5 Å². The molecule has 0 aromatic heterocycles. The fourth-order valence-corrected chi connectivity index (χ4v) is 4.91. The molecule has 2 rings (SSSR count). The van der Waals surface area contributed by atoms with Crippen LogP contribution in [0.5, 0.6) is 0 Å². The number of aliphatic hydroxyl groups is 1. The third-order valence-corrected chi connectivity index (χ3v) is 6.86. The maximum absolute atomic E-state index is 13.6. The highest BCUT2D eigenvalue weighted by molar-refractivity contribution is 5.86. The first-order chi connectivity index (χ1) is 19.5. The zero-order valence-electron chi connectivity index (χ0n) is 24.8. The zero-order chi connectivity index (χ0) is 30.4. The van der Waals surface area contributed by atoms with E-state index < -0.39 is 29.4 Å². The summed E-state index contributed by atoms with van der Waals surface area (Å²) in [5.74, 6) is -2.77. The van der Waals surface area contributed by atoms with Gasteiger partial charge in [0.1, 0.15) is 12.2 Å². The number of esters is 2. The summed E-state index contributed by atoms with van der Waals surface area (Å²) in [6.07, 6.45) is 5.06. The van der Waals surface area contributed by atoms with Crippen LogP contribution in [0, 0.1) is 11.8 Å². The number of carbonyl (C=O) groups is 4. The van der Waals surface area contributed by atoms with Crippen molar-refractivity contribution in [2.24, 2.45) is 11.8 Å². The second-order valence-corrected chi connectivity index (χ2v) is 11.4. The Morgan fingerprint density at radius 1 is 1.07 bits per heavy atom.